The molecule has 2 aliphatic rings. The standard InChI is InChI=1S/C10H18O2/c1-2-4-8-7-10-9(12-8)5-3-6-11-10/h8-10H,2-7H2,1H3. The van der Waals surface area contributed by atoms with Gasteiger partial charge in [0.15, 0.2) is 0 Å². The zero-order valence-corrected chi connectivity index (χ0v) is 7.79. The first-order valence-corrected chi connectivity index (χ1v) is 5.17. The highest BCUT2D eigenvalue weighted by atomic mass is 16.6. The summed E-state index contributed by atoms with van der Waals surface area (Å²) in [6, 6.07) is 0. The van der Waals surface area contributed by atoms with E-state index in [0.29, 0.717) is 18.3 Å². The van der Waals surface area contributed by atoms with Crippen LogP contribution < -0.4 is 0 Å². The Kier molecular flexibility index (Phi) is 2.66. The maximum Gasteiger partial charge on any atom is 0.0861 e. The summed E-state index contributed by atoms with van der Waals surface area (Å²) in [6.45, 7) is 3.16. The Morgan fingerprint density at radius 3 is 3.00 bits per heavy atom. The molecule has 2 saturated heterocycles. The molecule has 2 nitrogen and oxygen atoms in total. The van der Waals surface area contributed by atoms with Crippen molar-refractivity contribution in [3.05, 3.63) is 0 Å². The van der Waals surface area contributed by atoms with E-state index in [0.717, 1.165) is 13.0 Å². The fourth-order valence-electron chi connectivity index (χ4n) is 2.26. The third-order valence-electron chi connectivity index (χ3n) is 2.85. The Balaban J connectivity index is 1.85. The van der Waals surface area contributed by atoms with Crippen molar-refractivity contribution in [2.24, 2.45) is 0 Å². The van der Waals surface area contributed by atoms with E-state index in [1.165, 1.54) is 25.7 Å². The summed E-state index contributed by atoms with van der Waals surface area (Å²) in [4.78, 5) is 0. The molecule has 0 radical (unpaired) electrons. The lowest BCUT2D eigenvalue weighted by Crippen LogP contribution is -2.29. The summed E-state index contributed by atoms with van der Waals surface area (Å²) in [7, 11) is 0. The van der Waals surface area contributed by atoms with E-state index >= 15 is 0 Å². The van der Waals surface area contributed by atoms with E-state index in [-0.39, 0.29) is 0 Å². The van der Waals surface area contributed by atoms with Gasteiger partial charge in [0.2, 0.25) is 0 Å². The van der Waals surface area contributed by atoms with Crippen LogP contribution in [0.15, 0.2) is 0 Å². The van der Waals surface area contributed by atoms with Gasteiger partial charge in [0.25, 0.3) is 0 Å². The van der Waals surface area contributed by atoms with Gasteiger partial charge in [-0.15, -0.1) is 0 Å². The molecule has 0 spiro atoms. The molecule has 3 atom stereocenters. The molecule has 70 valence electrons. The van der Waals surface area contributed by atoms with Crippen LogP contribution in [0.4, 0.5) is 0 Å². The summed E-state index contributed by atoms with van der Waals surface area (Å²) in [5.41, 5.74) is 0. The molecule has 2 fully saturated rings. The van der Waals surface area contributed by atoms with E-state index in [1.54, 1.807) is 0 Å². The van der Waals surface area contributed by atoms with Crippen molar-refractivity contribution in [2.75, 3.05) is 6.61 Å². The fourth-order valence-corrected chi connectivity index (χ4v) is 2.26. The van der Waals surface area contributed by atoms with E-state index in [4.69, 9.17) is 9.47 Å². The van der Waals surface area contributed by atoms with E-state index in [9.17, 15) is 0 Å². The third kappa shape index (κ3) is 1.64. The lowest BCUT2D eigenvalue weighted by molar-refractivity contribution is -0.0583. The molecule has 0 N–H and O–H groups in total. The first-order valence-electron chi connectivity index (χ1n) is 5.17. The van der Waals surface area contributed by atoms with Crippen LogP contribution in [-0.2, 0) is 9.47 Å². The fraction of sp³-hybridized carbons (Fsp3) is 1.00. The molecule has 0 aromatic carbocycles. The molecule has 2 heteroatoms. The van der Waals surface area contributed by atoms with Gasteiger partial charge < -0.3 is 9.47 Å². The van der Waals surface area contributed by atoms with Crippen molar-refractivity contribution in [3.8, 4) is 0 Å². The number of ether oxygens (including phenoxy) is 2. The Morgan fingerprint density at radius 2 is 2.25 bits per heavy atom. The van der Waals surface area contributed by atoms with Gasteiger partial charge in [-0.3, -0.25) is 0 Å². The highest BCUT2D eigenvalue weighted by Gasteiger charge is 2.36. The molecule has 0 bridgehead atoms. The minimum Gasteiger partial charge on any atom is -0.375 e. The maximum absolute atomic E-state index is 5.88. The first kappa shape index (κ1) is 8.52. The van der Waals surface area contributed by atoms with Gasteiger partial charge in [-0.05, 0) is 19.3 Å². The monoisotopic (exact) mass is 170 g/mol. The van der Waals surface area contributed by atoms with Crippen LogP contribution in [-0.4, -0.2) is 24.9 Å². The molecule has 0 aromatic heterocycles. The van der Waals surface area contributed by atoms with Gasteiger partial charge in [0.1, 0.15) is 0 Å². The van der Waals surface area contributed by atoms with Crippen LogP contribution in [0.2, 0.25) is 0 Å². The lowest BCUT2D eigenvalue weighted by Gasteiger charge is -2.23. The van der Waals surface area contributed by atoms with Gasteiger partial charge in [0.05, 0.1) is 18.3 Å². The number of fused-ring (bicyclic) bond motifs is 1. The second-order valence-electron chi connectivity index (χ2n) is 3.87. The average Bonchev–Trinajstić information content (AvgIpc) is 2.47. The van der Waals surface area contributed by atoms with Crippen molar-refractivity contribution < 1.29 is 9.47 Å². The van der Waals surface area contributed by atoms with E-state index < -0.39 is 0 Å². The van der Waals surface area contributed by atoms with Gasteiger partial charge >= 0.3 is 0 Å². The third-order valence-corrected chi connectivity index (χ3v) is 2.85. The predicted molar refractivity (Wildman–Crippen MR) is 47.2 cm³/mol. The van der Waals surface area contributed by atoms with Crippen LogP contribution in [0.5, 0.6) is 0 Å². The van der Waals surface area contributed by atoms with Crippen LogP contribution in [0.1, 0.15) is 39.0 Å². The summed E-state index contributed by atoms with van der Waals surface area (Å²) in [6.07, 6.45) is 7.30. The minimum absolute atomic E-state index is 0.426. The van der Waals surface area contributed by atoms with Gasteiger partial charge in [-0.1, -0.05) is 13.3 Å². The summed E-state index contributed by atoms with van der Waals surface area (Å²) in [5.74, 6) is 0. The molecule has 0 aliphatic carbocycles. The molecule has 2 aliphatic heterocycles. The average molecular weight is 170 g/mol. The molecular weight excluding hydrogens is 152 g/mol. The highest BCUT2D eigenvalue weighted by Crippen LogP contribution is 2.31. The number of hydrogen-bond acceptors (Lipinski definition) is 2. The van der Waals surface area contributed by atoms with E-state index in [2.05, 4.69) is 6.92 Å². The van der Waals surface area contributed by atoms with Crippen molar-refractivity contribution in [1.29, 1.82) is 0 Å². The molecule has 0 saturated carbocycles. The van der Waals surface area contributed by atoms with Gasteiger partial charge in [0, 0.05) is 13.0 Å². The Morgan fingerprint density at radius 1 is 1.33 bits per heavy atom. The van der Waals surface area contributed by atoms with Crippen molar-refractivity contribution >= 4 is 0 Å². The molecular formula is C10H18O2. The van der Waals surface area contributed by atoms with Crippen LogP contribution in [0.25, 0.3) is 0 Å². The molecule has 3 unspecified atom stereocenters. The van der Waals surface area contributed by atoms with Crippen molar-refractivity contribution in [3.63, 3.8) is 0 Å². The predicted octanol–water partition coefficient (Wildman–Crippen LogP) is 2.12. The van der Waals surface area contributed by atoms with Gasteiger partial charge in [-0.2, -0.15) is 0 Å². The Labute approximate surface area is 74.2 Å². The molecule has 12 heavy (non-hydrogen) atoms. The maximum atomic E-state index is 5.88. The van der Waals surface area contributed by atoms with Crippen LogP contribution in [0, 0.1) is 0 Å². The molecule has 2 rings (SSSR count). The normalized spacial score (nSPS) is 41.2. The molecule has 2 heterocycles. The SMILES string of the molecule is CCCC1CC2OCCCC2O1. The second-order valence-corrected chi connectivity index (χ2v) is 3.87. The van der Waals surface area contributed by atoms with Crippen molar-refractivity contribution in [2.45, 2.75) is 57.3 Å². The molecule has 0 amide bonds. The molecule has 0 aromatic rings. The van der Waals surface area contributed by atoms with Crippen molar-refractivity contribution in [1.82, 2.24) is 0 Å². The second kappa shape index (κ2) is 3.75. The Bertz CT molecular complexity index is 133. The largest absolute Gasteiger partial charge is 0.375 e. The van der Waals surface area contributed by atoms with Crippen LogP contribution >= 0.6 is 0 Å². The zero-order chi connectivity index (χ0) is 8.39. The number of rotatable bonds is 2. The zero-order valence-electron chi connectivity index (χ0n) is 7.79. The summed E-state index contributed by atoms with van der Waals surface area (Å²) < 4.78 is 11.5. The van der Waals surface area contributed by atoms with Gasteiger partial charge in [-0.25, -0.2) is 0 Å². The lowest BCUT2D eigenvalue weighted by atomic mass is 10.0. The summed E-state index contributed by atoms with van der Waals surface area (Å²) >= 11 is 0. The summed E-state index contributed by atoms with van der Waals surface area (Å²) in [5, 5.41) is 0. The first-order chi connectivity index (χ1) is 5.90. The van der Waals surface area contributed by atoms with E-state index in [1.807, 2.05) is 0 Å². The Hall–Kier alpha value is -0.0800. The topological polar surface area (TPSA) is 18.5 Å². The highest BCUT2D eigenvalue weighted by molar-refractivity contribution is 4.85. The van der Waals surface area contributed by atoms with Crippen LogP contribution in [0.3, 0.4) is 0 Å². The number of hydrogen-bond donors (Lipinski definition) is 0. The minimum atomic E-state index is 0.426. The smallest absolute Gasteiger partial charge is 0.0861 e. The quantitative estimate of drug-likeness (QED) is 0.632.